The summed E-state index contributed by atoms with van der Waals surface area (Å²) in [5.41, 5.74) is 1.54. The topological polar surface area (TPSA) is 3.88 Å². The number of hydrogen-bond donors (Lipinski definition) is 0. The molecule has 0 aliphatic rings. The summed E-state index contributed by atoms with van der Waals surface area (Å²) in [7, 11) is 0. The van der Waals surface area contributed by atoms with Gasteiger partial charge in [-0.1, -0.05) is 168 Å². The molecule has 0 aliphatic carbocycles. The quantitative estimate of drug-likeness (QED) is 0.0739. The van der Waals surface area contributed by atoms with Crippen LogP contribution >= 0.6 is 0 Å². The number of unbranched alkanes of at least 4 members (excludes halogenated alkanes) is 25. The molecule has 1 heterocycles. The SMILES string of the molecule is CCCCCCCCCCCCCCCCc1ccc[n+](CCCCCCCCCCCCCCC)c1. The molecule has 0 saturated carbocycles. The lowest BCUT2D eigenvalue weighted by Gasteiger charge is -2.04. The van der Waals surface area contributed by atoms with Gasteiger partial charge in [-0.3, -0.25) is 0 Å². The summed E-state index contributed by atoms with van der Waals surface area (Å²) < 4.78 is 2.44. The Bertz CT molecular complexity index is 566. The number of nitrogens with zero attached hydrogens (tertiary/aromatic N) is 1. The summed E-state index contributed by atoms with van der Waals surface area (Å²) in [6, 6.07) is 4.60. The van der Waals surface area contributed by atoms with Crippen molar-refractivity contribution in [1.29, 1.82) is 0 Å². The van der Waals surface area contributed by atoms with E-state index in [4.69, 9.17) is 0 Å². The van der Waals surface area contributed by atoms with E-state index in [1.54, 1.807) is 0 Å². The average molecular weight is 515 g/mol. The zero-order valence-electron chi connectivity index (χ0n) is 25.8. The molecule has 1 aromatic heterocycles. The van der Waals surface area contributed by atoms with Gasteiger partial charge in [-0.2, -0.15) is 0 Å². The van der Waals surface area contributed by atoms with Gasteiger partial charge in [0, 0.05) is 18.1 Å². The standard InChI is InChI=1S/C36H68N/c1-3-5-7-9-11-13-15-17-18-20-22-24-26-28-31-36-32-30-34-37(35-36)33-29-27-25-23-21-19-16-14-12-10-8-6-4-2/h30,32,34-35H,3-29,31,33H2,1-2H3/q+1. The molecule has 0 N–H and O–H groups in total. The second-order valence-corrected chi connectivity index (χ2v) is 12.0. The monoisotopic (exact) mass is 515 g/mol. The van der Waals surface area contributed by atoms with Crippen LogP contribution in [0.1, 0.15) is 193 Å². The molecule has 0 unspecified atom stereocenters. The van der Waals surface area contributed by atoms with Gasteiger partial charge in [-0.05, 0) is 25.3 Å². The molecule has 0 fully saturated rings. The molecular weight excluding hydrogens is 446 g/mol. The summed E-state index contributed by atoms with van der Waals surface area (Å²) in [5, 5.41) is 0. The van der Waals surface area contributed by atoms with Crippen LogP contribution in [0, 0.1) is 0 Å². The highest BCUT2D eigenvalue weighted by molar-refractivity contribution is 5.05. The van der Waals surface area contributed by atoms with Crippen LogP contribution in [0.5, 0.6) is 0 Å². The number of pyridine rings is 1. The van der Waals surface area contributed by atoms with Crippen LogP contribution in [-0.2, 0) is 13.0 Å². The lowest BCUT2D eigenvalue weighted by Crippen LogP contribution is -2.33. The van der Waals surface area contributed by atoms with Crippen LogP contribution in [-0.4, -0.2) is 0 Å². The first-order valence-corrected chi connectivity index (χ1v) is 17.3. The molecule has 1 rings (SSSR count). The molecule has 0 amide bonds. The van der Waals surface area contributed by atoms with Crippen LogP contribution in [0.3, 0.4) is 0 Å². The maximum atomic E-state index is 2.44. The maximum absolute atomic E-state index is 2.44. The van der Waals surface area contributed by atoms with Crippen molar-refractivity contribution >= 4 is 0 Å². The van der Waals surface area contributed by atoms with Gasteiger partial charge in [0.15, 0.2) is 12.4 Å². The fourth-order valence-corrected chi connectivity index (χ4v) is 5.70. The third kappa shape index (κ3) is 24.0. The van der Waals surface area contributed by atoms with E-state index >= 15 is 0 Å². The maximum Gasteiger partial charge on any atom is 0.171 e. The minimum atomic E-state index is 1.20. The molecule has 0 bridgehead atoms. The molecule has 216 valence electrons. The van der Waals surface area contributed by atoms with E-state index in [9.17, 15) is 0 Å². The summed E-state index contributed by atoms with van der Waals surface area (Å²) in [5.74, 6) is 0. The summed E-state index contributed by atoms with van der Waals surface area (Å²) >= 11 is 0. The van der Waals surface area contributed by atoms with Crippen LogP contribution in [0.2, 0.25) is 0 Å². The molecule has 0 aliphatic heterocycles. The van der Waals surface area contributed by atoms with Crippen molar-refractivity contribution in [2.24, 2.45) is 0 Å². The molecule has 0 aromatic carbocycles. The minimum Gasteiger partial charge on any atom is -0.205 e. The zero-order valence-corrected chi connectivity index (χ0v) is 25.8. The van der Waals surface area contributed by atoms with Crippen molar-refractivity contribution in [2.45, 2.75) is 200 Å². The molecule has 0 spiro atoms. The smallest absolute Gasteiger partial charge is 0.171 e. The van der Waals surface area contributed by atoms with Gasteiger partial charge in [0.2, 0.25) is 0 Å². The second kappa shape index (κ2) is 28.2. The third-order valence-electron chi connectivity index (χ3n) is 8.26. The molecule has 0 saturated heterocycles. The van der Waals surface area contributed by atoms with E-state index in [2.05, 4.69) is 42.9 Å². The van der Waals surface area contributed by atoms with Crippen LogP contribution in [0.15, 0.2) is 24.5 Å². The van der Waals surface area contributed by atoms with Crippen molar-refractivity contribution in [3.8, 4) is 0 Å². The van der Waals surface area contributed by atoms with Crippen molar-refractivity contribution in [3.05, 3.63) is 30.1 Å². The van der Waals surface area contributed by atoms with Gasteiger partial charge < -0.3 is 0 Å². The largest absolute Gasteiger partial charge is 0.205 e. The highest BCUT2D eigenvalue weighted by atomic mass is 14.9. The van der Waals surface area contributed by atoms with Crippen molar-refractivity contribution in [2.75, 3.05) is 0 Å². The predicted molar refractivity (Wildman–Crippen MR) is 166 cm³/mol. The zero-order chi connectivity index (χ0) is 26.5. The average Bonchev–Trinajstić information content (AvgIpc) is 2.92. The lowest BCUT2D eigenvalue weighted by atomic mass is 10.0. The molecule has 1 nitrogen and oxygen atoms in total. The van der Waals surface area contributed by atoms with Gasteiger partial charge in [-0.25, -0.2) is 4.57 Å². The Hall–Kier alpha value is -0.850. The fourth-order valence-electron chi connectivity index (χ4n) is 5.70. The van der Waals surface area contributed by atoms with E-state index in [1.807, 2.05) is 0 Å². The van der Waals surface area contributed by atoms with E-state index < -0.39 is 0 Å². The molecule has 1 aromatic rings. The molecular formula is C36H68N+. The van der Waals surface area contributed by atoms with Crippen molar-refractivity contribution in [1.82, 2.24) is 0 Å². The Balaban J connectivity index is 1.88. The van der Waals surface area contributed by atoms with Gasteiger partial charge in [0.05, 0.1) is 0 Å². The number of hydrogen-bond acceptors (Lipinski definition) is 0. The van der Waals surface area contributed by atoms with Crippen LogP contribution in [0.4, 0.5) is 0 Å². The van der Waals surface area contributed by atoms with Gasteiger partial charge >= 0.3 is 0 Å². The third-order valence-corrected chi connectivity index (χ3v) is 8.26. The highest BCUT2D eigenvalue weighted by Crippen LogP contribution is 2.14. The summed E-state index contributed by atoms with van der Waals surface area (Å²) in [6.07, 6.45) is 44.8. The highest BCUT2D eigenvalue weighted by Gasteiger charge is 2.03. The van der Waals surface area contributed by atoms with Crippen LogP contribution in [0.25, 0.3) is 0 Å². The van der Waals surface area contributed by atoms with Gasteiger partial charge in [-0.15, -0.1) is 0 Å². The summed E-state index contributed by atoms with van der Waals surface area (Å²) in [4.78, 5) is 0. The van der Waals surface area contributed by atoms with E-state index in [1.165, 1.54) is 192 Å². The number of aryl methyl sites for hydroxylation is 2. The molecule has 1 heteroatoms. The molecule has 0 atom stereocenters. The lowest BCUT2D eigenvalue weighted by molar-refractivity contribution is -0.697. The summed E-state index contributed by atoms with van der Waals surface area (Å²) in [6.45, 7) is 5.81. The minimum absolute atomic E-state index is 1.20. The normalized spacial score (nSPS) is 11.4. The predicted octanol–water partition coefficient (Wildman–Crippen LogP) is 12.1. The van der Waals surface area contributed by atoms with E-state index in [0.717, 1.165) is 0 Å². The number of rotatable bonds is 29. The van der Waals surface area contributed by atoms with Crippen molar-refractivity contribution in [3.63, 3.8) is 0 Å². The Labute approximate surface area is 234 Å². The second-order valence-electron chi connectivity index (χ2n) is 12.0. The fraction of sp³-hybridized carbons (Fsp3) is 0.861. The first kappa shape index (κ1) is 34.2. The first-order chi connectivity index (χ1) is 18.4. The van der Waals surface area contributed by atoms with Gasteiger partial charge in [0.25, 0.3) is 0 Å². The molecule has 0 radical (unpaired) electrons. The Morgan fingerprint density at radius 1 is 0.432 bits per heavy atom. The molecule has 37 heavy (non-hydrogen) atoms. The van der Waals surface area contributed by atoms with Crippen LogP contribution < -0.4 is 4.57 Å². The van der Waals surface area contributed by atoms with E-state index in [-0.39, 0.29) is 0 Å². The number of aromatic nitrogens is 1. The van der Waals surface area contributed by atoms with Crippen molar-refractivity contribution < 1.29 is 4.57 Å². The Morgan fingerprint density at radius 2 is 0.784 bits per heavy atom. The first-order valence-electron chi connectivity index (χ1n) is 17.3. The van der Waals surface area contributed by atoms with E-state index in [0.29, 0.717) is 0 Å². The Morgan fingerprint density at radius 3 is 1.19 bits per heavy atom. The Kier molecular flexibility index (Phi) is 26.0. The van der Waals surface area contributed by atoms with Gasteiger partial charge in [0.1, 0.15) is 6.54 Å².